The Kier molecular flexibility index (Phi) is 6.22. The Balaban J connectivity index is 2.15. The number of hydrogen-bond donors (Lipinski definition) is 2. The Morgan fingerprint density at radius 1 is 0.939 bits per heavy atom. The van der Waals surface area contributed by atoms with E-state index in [4.69, 9.17) is 28.9 Å². The van der Waals surface area contributed by atoms with E-state index in [1.807, 2.05) is 30.3 Å². The quantitative estimate of drug-likeness (QED) is 0.354. The van der Waals surface area contributed by atoms with Gasteiger partial charge >= 0.3 is 5.97 Å². The number of carboxylic acid groups (broad SMARTS) is 1. The van der Waals surface area contributed by atoms with Crippen LogP contribution in [0.1, 0.15) is 15.9 Å². The highest BCUT2D eigenvalue weighted by Gasteiger charge is 2.25. The number of nitrogens with two attached hydrogens (primary N) is 1. The minimum atomic E-state index is -1.18. The van der Waals surface area contributed by atoms with E-state index in [-0.39, 0.29) is 22.7 Å². The van der Waals surface area contributed by atoms with Gasteiger partial charge in [0.25, 0.3) is 0 Å². The lowest BCUT2D eigenvalue weighted by Crippen LogP contribution is -2.16. The van der Waals surface area contributed by atoms with Crippen molar-refractivity contribution < 1.29 is 19.1 Å². The van der Waals surface area contributed by atoms with Crippen molar-refractivity contribution in [2.24, 2.45) is 5.73 Å². The summed E-state index contributed by atoms with van der Waals surface area (Å²) in [7, 11) is 0. The molecule has 1 amide bonds. The number of carbonyl (C=O) groups excluding carboxylic acids is 1. The van der Waals surface area contributed by atoms with Gasteiger partial charge in [-0.25, -0.2) is 9.18 Å². The van der Waals surface area contributed by atoms with Gasteiger partial charge in [0.2, 0.25) is 5.91 Å². The van der Waals surface area contributed by atoms with Gasteiger partial charge in [-0.3, -0.25) is 4.79 Å². The van der Waals surface area contributed by atoms with Gasteiger partial charge in [-0.15, -0.1) is 0 Å². The second-order valence-corrected chi connectivity index (χ2v) is 8.19. The van der Waals surface area contributed by atoms with Crippen molar-refractivity contribution >= 4 is 35.1 Å². The summed E-state index contributed by atoms with van der Waals surface area (Å²) in [6.45, 7) is 0. The number of rotatable bonds is 6. The number of aromatic carboxylic acids is 1. The number of benzene rings is 3. The zero-order valence-corrected chi connectivity index (χ0v) is 18.6. The molecule has 0 aliphatic heterocycles. The number of aromatic nitrogens is 1. The van der Waals surface area contributed by atoms with Crippen molar-refractivity contribution in [3.63, 3.8) is 0 Å². The Morgan fingerprint density at radius 2 is 1.67 bits per heavy atom. The van der Waals surface area contributed by atoms with Crippen molar-refractivity contribution in [1.82, 2.24) is 4.57 Å². The first kappa shape index (κ1) is 22.6. The average molecular weight is 483 g/mol. The van der Waals surface area contributed by atoms with Crippen molar-refractivity contribution in [2.45, 2.75) is 6.42 Å². The molecule has 0 saturated heterocycles. The molecule has 0 atom stereocenters. The summed E-state index contributed by atoms with van der Waals surface area (Å²) in [6.07, 6.45) is -0.0923. The molecule has 0 aliphatic rings. The van der Waals surface area contributed by atoms with Gasteiger partial charge in [0.1, 0.15) is 5.82 Å². The van der Waals surface area contributed by atoms with Crippen LogP contribution in [-0.2, 0) is 11.2 Å². The molecule has 0 bridgehead atoms. The van der Waals surface area contributed by atoms with Crippen LogP contribution < -0.4 is 5.73 Å². The van der Waals surface area contributed by atoms with Gasteiger partial charge in [-0.1, -0.05) is 59.6 Å². The van der Waals surface area contributed by atoms with Crippen molar-refractivity contribution in [1.29, 1.82) is 0 Å². The summed E-state index contributed by atoms with van der Waals surface area (Å²) in [5.41, 5.74) is 8.37. The highest BCUT2D eigenvalue weighted by atomic mass is 35.5. The van der Waals surface area contributed by atoms with E-state index >= 15 is 0 Å². The van der Waals surface area contributed by atoms with Crippen LogP contribution in [0.2, 0.25) is 10.0 Å². The minimum Gasteiger partial charge on any atom is -0.478 e. The van der Waals surface area contributed by atoms with E-state index in [1.165, 1.54) is 24.3 Å². The summed E-state index contributed by atoms with van der Waals surface area (Å²) < 4.78 is 15.6. The standard InChI is InChI=1S/C25H17Cl2FN2O3/c26-17-8-6-15(11-23(29)31)21(12-17)30-22(14-4-2-1-3-5-14)13-18(25(32)33)24(30)16-7-9-20(28)19(27)10-16/h1-10,12-13H,11H2,(H2,29,31)(H,32,33). The fourth-order valence-electron chi connectivity index (χ4n) is 3.76. The molecule has 0 unspecified atom stereocenters. The first-order chi connectivity index (χ1) is 15.8. The highest BCUT2D eigenvalue weighted by molar-refractivity contribution is 6.31. The average Bonchev–Trinajstić information content (AvgIpc) is 3.18. The van der Waals surface area contributed by atoms with Gasteiger partial charge in [0.15, 0.2) is 0 Å². The molecule has 3 N–H and O–H groups in total. The zero-order chi connectivity index (χ0) is 23.7. The Labute approximate surface area is 198 Å². The lowest BCUT2D eigenvalue weighted by molar-refractivity contribution is -0.117. The lowest BCUT2D eigenvalue weighted by Gasteiger charge is -2.18. The Hall–Kier alpha value is -3.61. The molecule has 166 valence electrons. The van der Waals surface area contributed by atoms with E-state index in [0.717, 1.165) is 5.56 Å². The molecule has 4 rings (SSSR count). The number of carbonyl (C=O) groups is 2. The second-order valence-electron chi connectivity index (χ2n) is 7.34. The predicted molar refractivity (Wildman–Crippen MR) is 126 cm³/mol. The molecule has 0 saturated carbocycles. The summed E-state index contributed by atoms with van der Waals surface area (Å²) in [6, 6.07) is 19.6. The molecule has 3 aromatic carbocycles. The van der Waals surface area contributed by atoms with Gasteiger partial charge in [-0.05, 0) is 47.5 Å². The van der Waals surface area contributed by atoms with E-state index in [9.17, 15) is 19.1 Å². The van der Waals surface area contributed by atoms with Gasteiger partial charge in [0, 0.05) is 10.6 Å². The molecule has 8 heteroatoms. The van der Waals surface area contributed by atoms with Crippen LogP contribution in [0.15, 0.2) is 72.8 Å². The molecule has 0 spiro atoms. The summed E-state index contributed by atoms with van der Waals surface area (Å²) >= 11 is 12.3. The molecular formula is C25H17Cl2FN2O3. The first-order valence-electron chi connectivity index (χ1n) is 9.83. The smallest absolute Gasteiger partial charge is 0.337 e. The van der Waals surface area contributed by atoms with Gasteiger partial charge in [-0.2, -0.15) is 0 Å². The van der Waals surface area contributed by atoms with Crippen molar-refractivity contribution in [3.05, 3.63) is 99.8 Å². The number of nitrogens with zero attached hydrogens (tertiary/aromatic N) is 1. The van der Waals surface area contributed by atoms with E-state index in [0.29, 0.717) is 27.5 Å². The van der Waals surface area contributed by atoms with E-state index < -0.39 is 17.7 Å². The molecule has 1 heterocycles. The van der Waals surface area contributed by atoms with Gasteiger partial charge < -0.3 is 15.4 Å². The fourth-order valence-corrected chi connectivity index (χ4v) is 4.10. The molecule has 0 radical (unpaired) electrons. The van der Waals surface area contributed by atoms with Crippen molar-refractivity contribution in [3.8, 4) is 28.2 Å². The number of hydrogen-bond acceptors (Lipinski definition) is 2. The maximum Gasteiger partial charge on any atom is 0.337 e. The second kappa shape index (κ2) is 9.10. The molecule has 5 nitrogen and oxygen atoms in total. The third kappa shape index (κ3) is 4.49. The number of carboxylic acids is 1. The first-order valence-corrected chi connectivity index (χ1v) is 10.6. The monoisotopic (exact) mass is 482 g/mol. The van der Waals surface area contributed by atoms with E-state index in [2.05, 4.69) is 0 Å². The maximum absolute atomic E-state index is 13.9. The molecule has 33 heavy (non-hydrogen) atoms. The summed E-state index contributed by atoms with van der Waals surface area (Å²) in [5.74, 6) is -2.37. The van der Waals surface area contributed by atoms with E-state index in [1.54, 1.807) is 22.8 Å². The predicted octanol–water partition coefficient (Wildman–Crippen LogP) is 5.98. The number of halogens is 3. The third-order valence-corrected chi connectivity index (χ3v) is 5.67. The van der Waals surface area contributed by atoms with Crippen LogP contribution in [0, 0.1) is 5.82 Å². The number of primary amides is 1. The van der Waals surface area contributed by atoms with Crippen molar-refractivity contribution in [2.75, 3.05) is 0 Å². The Morgan fingerprint density at radius 3 is 2.30 bits per heavy atom. The molecule has 0 aliphatic carbocycles. The molecule has 1 aromatic heterocycles. The lowest BCUT2D eigenvalue weighted by atomic mass is 10.1. The highest BCUT2D eigenvalue weighted by Crippen LogP contribution is 2.39. The van der Waals surface area contributed by atoms with Crippen LogP contribution >= 0.6 is 23.2 Å². The summed E-state index contributed by atoms with van der Waals surface area (Å²) in [4.78, 5) is 24.1. The molecular weight excluding hydrogens is 466 g/mol. The van der Waals surface area contributed by atoms with Crippen LogP contribution in [0.4, 0.5) is 4.39 Å². The minimum absolute atomic E-state index is 0.0264. The Bertz CT molecular complexity index is 1380. The zero-order valence-electron chi connectivity index (χ0n) is 17.1. The maximum atomic E-state index is 13.9. The van der Waals surface area contributed by atoms with Crippen LogP contribution in [-0.4, -0.2) is 21.6 Å². The normalized spacial score (nSPS) is 10.9. The van der Waals surface area contributed by atoms with Crippen LogP contribution in [0.3, 0.4) is 0 Å². The fraction of sp³-hybridized carbons (Fsp3) is 0.0400. The molecule has 4 aromatic rings. The van der Waals surface area contributed by atoms with Crippen LogP contribution in [0.25, 0.3) is 28.2 Å². The molecule has 0 fully saturated rings. The van der Waals surface area contributed by atoms with Gasteiger partial charge in [0.05, 0.1) is 34.1 Å². The SMILES string of the molecule is NC(=O)Cc1ccc(Cl)cc1-n1c(-c2ccccc2)cc(C(=O)O)c1-c1ccc(F)c(Cl)c1. The number of amides is 1. The largest absolute Gasteiger partial charge is 0.478 e. The topological polar surface area (TPSA) is 85.3 Å². The van der Waals surface area contributed by atoms with Crippen LogP contribution in [0.5, 0.6) is 0 Å². The third-order valence-electron chi connectivity index (χ3n) is 5.15. The summed E-state index contributed by atoms with van der Waals surface area (Å²) in [5, 5.41) is 10.3.